The summed E-state index contributed by atoms with van der Waals surface area (Å²) in [6.07, 6.45) is 5.17. The Morgan fingerprint density at radius 2 is 2.27 bits per heavy atom. The van der Waals surface area contributed by atoms with E-state index in [2.05, 4.69) is 10.6 Å². The van der Waals surface area contributed by atoms with E-state index in [4.69, 9.17) is 5.73 Å². The quantitative estimate of drug-likeness (QED) is 0.618. The highest BCUT2D eigenvalue weighted by Crippen LogP contribution is 2.16. The van der Waals surface area contributed by atoms with Crippen molar-refractivity contribution in [2.75, 3.05) is 13.1 Å². The van der Waals surface area contributed by atoms with E-state index in [1.807, 2.05) is 6.92 Å². The number of hydrogen-bond donors (Lipinski definition) is 3. The fourth-order valence-electron chi connectivity index (χ4n) is 2.09. The number of carbonyl (C=O) groups excluding carboxylic acids is 1. The maximum Gasteiger partial charge on any atom is 0.221 e. The number of rotatable bonds is 5. The van der Waals surface area contributed by atoms with Gasteiger partial charge in [0.15, 0.2) is 0 Å². The van der Waals surface area contributed by atoms with Gasteiger partial charge in [0.2, 0.25) is 5.91 Å². The van der Waals surface area contributed by atoms with Crippen molar-refractivity contribution < 1.29 is 4.79 Å². The number of hydrogen-bond acceptors (Lipinski definition) is 3. The molecule has 1 amide bonds. The molecule has 1 rings (SSSR count). The standard InChI is InChI=1S/C11H23N3O/c1-2-13-11(15)6-7-14-10-5-3-4-9(12)8-10/h9-10,14H,2-8,12H2,1H3,(H,13,15). The van der Waals surface area contributed by atoms with E-state index in [0.29, 0.717) is 25.0 Å². The molecule has 0 heterocycles. The molecule has 4 N–H and O–H groups in total. The summed E-state index contributed by atoms with van der Waals surface area (Å²) in [4.78, 5) is 11.2. The van der Waals surface area contributed by atoms with Gasteiger partial charge in [0.05, 0.1) is 0 Å². The molecule has 1 saturated carbocycles. The normalized spacial score (nSPS) is 26.3. The lowest BCUT2D eigenvalue weighted by Gasteiger charge is -2.27. The molecule has 0 bridgehead atoms. The first-order valence-electron chi connectivity index (χ1n) is 5.98. The fraction of sp³-hybridized carbons (Fsp3) is 0.909. The Morgan fingerprint density at radius 1 is 1.47 bits per heavy atom. The van der Waals surface area contributed by atoms with Crippen molar-refractivity contribution in [3.05, 3.63) is 0 Å². The lowest BCUT2D eigenvalue weighted by atomic mass is 9.91. The maximum absolute atomic E-state index is 11.2. The molecular weight excluding hydrogens is 190 g/mol. The molecule has 88 valence electrons. The first-order valence-corrected chi connectivity index (χ1v) is 5.98. The highest BCUT2D eigenvalue weighted by atomic mass is 16.1. The summed E-state index contributed by atoms with van der Waals surface area (Å²) in [5.41, 5.74) is 5.89. The van der Waals surface area contributed by atoms with Gasteiger partial charge in [0.25, 0.3) is 0 Å². The average Bonchev–Trinajstić information content (AvgIpc) is 2.18. The second-order valence-electron chi connectivity index (χ2n) is 4.28. The van der Waals surface area contributed by atoms with Crippen molar-refractivity contribution in [2.24, 2.45) is 5.73 Å². The zero-order chi connectivity index (χ0) is 11.1. The summed E-state index contributed by atoms with van der Waals surface area (Å²) in [6.45, 7) is 3.42. The van der Waals surface area contributed by atoms with Crippen LogP contribution in [-0.4, -0.2) is 31.1 Å². The summed E-state index contributed by atoms with van der Waals surface area (Å²) in [5, 5.41) is 6.19. The van der Waals surface area contributed by atoms with Gasteiger partial charge in [-0.3, -0.25) is 4.79 Å². The molecule has 4 nitrogen and oxygen atoms in total. The van der Waals surface area contributed by atoms with Gasteiger partial charge in [-0.1, -0.05) is 6.42 Å². The molecular formula is C11H23N3O. The molecule has 1 fully saturated rings. The molecule has 0 aromatic rings. The van der Waals surface area contributed by atoms with Gasteiger partial charge in [-0.05, 0) is 26.2 Å². The van der Waals surface area contributed by atoms with Crippen molar-refractivity contribution in [3.63, 3.8) is 0 Å². The number of nitrogens with one attached hydrogen (secondary N) is 2. The van der Waals surface area contributed by atoms with E-state index in [1.54, 1.807) is 0 Å². The van der Waals surface area contributed by atoms with Crippen molar-refractivity contribution >= 4 is 5.91 Å². The van der Waals surface area contributed by atoms with E-state index in [-0.39, 0.29) is 5.91 Å². The van der Waals surface area contributed by atoms with Crippen LogP contribution < -0.4 is 16.4 Å². The van der Waals surface area contributed by atoms with Crippen LogP contribution in [0, 0.1) is 0 Å². The fourth-order valence-corrected chi connectivity index (χ4v) is 2.09. The van der Waals surface area contributed by atoms with Crippen LogP contribution in [0.2, 0.25) is 0 Å². The molecule has 0 aromatic heterocycles. The van der Waals surface area contributed by atoms with Crippen molar-refractivity contribution in [2.45, 2.75) is 51.1 Å². The van der Waals surface area contributed by atoms with Gasteiger partial charge in [-0.15, -0.1) is 0 Å². The van der Waals surface area contributed by atoms with Crippen LogP contribution in [0.15, 0.2) is 0 Å². The Labute approximate surface area is 92.0 Å². The molecule has 1 aliphatic carbocycles. The molecule has 2 unspecified atom stereocenters. The van der Waals surface area contributed by atoms with Gasteiger partial charge < -0.3 is 16.4 Å². The first-order chi connectivity index (χ1) is 7.22. The largest absolute Gasteiger partial charge is 0.356 e. The lowest BCUT2D eigenvalue weighted by molar-refractivity contribution is -0.120. The van der Waals surface area contributed by atoms with Crippen LogP contribution >= 0.6 is 0 Å². The predicted molar refractivity (Wildman–Crippen MR) is 61.5 cm³/mol. The van der Waals surface area contributed by atoms with E-state index in [1.165, 1.54) is 12.8 Å². The SMILES string of the molecule is CCNC(=O)CCNC1CCCC(N)C1. The minimum absolute atomic E-state index is 0.130. The summed E-state index contributed by atoms with van der Waals surface area (Å²) >= 11 is 0. The first kappa shape index (κ1) is 12.5. The smallest absolute Gasteiger partial charge is 0.221 e. The van der Waals surface area contributed by atoms with E-state index >= 15 is 0 Å². The average molecular weight is 213 g/mol. The zero-order valence-corrected chi connectivity index (χ0v) is 9.59. The lowest BCUT2D eigenvalue weighted by Crippen LogP contribution is -2.40. The van der Waals surface area contributed by atoms with Gasteiger partial charge in [-0.25, -0.2) is 0 Å². The second-order valence-corrected chi connectivity index (χ2v) is 4.28. The molecule has 0 aliphatic heterocycles. The predicted octanol–water partition coefficient (Wildman–Crippen LogP) is 0.372. The molecule has 15 heavy (non-hydrogen) atoms. The van der Waals surface area contributed by atoms with Crippen molar-refractivity contribution in [3.8, 4) is 0 Å². The van der Waals surface area contributed by atoms with Gasteiger partial charge in [0.1, 0.15) is 0 Å². The van der Waals surface area contributed by atoms with Crippen LogP contribution in [0.1, 0.15) is 39.0 Å². The maximum atomic E-state index is 11.2. The highest BCUT2D eigenvalue weighted by Gasteiger charge is 2.18. The van der Waals surface area contributed by atoms with Crippen LogP contribution in [0.25, 0.3) is 0 Å². The van der Waals surface area contributed by atoms with Gasteiger partial charge >= 0.3 is 0 Å². The number of amides is 1. The van der Waals surface area contributed by atoms with Crippen LogP contribution in [0.5, 0.6) is 0 Å². The Hall–Kier alpha value is -0.610. The molecule has 0 aromatic carbocycles. The van der Waals surface area contributed by atoms with E-state index in [0.717, 1.165) is 19.4 Å². The Bertz CT molecular complexity index is 196. The molecule has 2 atom stereocenters. The van der Waals surface area contributed by atoms with Gasteiger partial charge in [0, 0.05) is 31.6 Å². The second kappa shape index (κ2) is 6.80. The van der Waals surface area contributed by atoms with Crippen LogP contribution in [0.3, 0.4) is 0 Å². The third-order valence-electron chi connectivity index (χ3n) is 2.87. The highest BCUT2D eigenvalue weighted by molar-refractivity contribution is 5.75. The monoisotopic (exact) mass is 213 g/mol. The number of nitrogens with two attached hydrogens (primary N) is 1. The molecule has 0 spiro atoms. The minimum atomic E-state index is 0.130. The minimum Gasteiger partial charge on any atom is -0.356 e. The summed E-state index contributed by atoms with van der Waals surface area (Å²) in [5.74, 6) is 0.130. The molecule has 1 aliphatic rings. The van der Waals surface area contributed by atoms with Crippen molar-refractivity contribution in [1.82, 2.24) is 10.6 Å². The Morgan fingerprint density at radius 3 is 2.93 bits per heavy atom. The van der Waals surface area contributed by atoms with E-state index < -0.39 is 0 Å². The third-order valence-corrected chi connectivity index (χ3v) is 2.87. The molecule has 0 radical (unpaired) electrons. The Balaban J connectivity index is 2.06. The topological polar surface area (TPSA) is 67.2 Å². The van der Waals surface area contributed by atoms with E-state index in [9.17, 15) is 4.79 Å². The van der Waals surface area contributed by atoms with Crippen LogP contribution in [-0.2, 0) is 4.79 Å². The zero-order valence-electron chi connectivity index (χ0n) is 9.59. The number of carbonyl (C=O) groups is 1. The van der Waals surface area contributed by atoms with Gasteiger partial charge in [-0.2, -0.15) is 0 Å². The molecule has 4 heteroatoms. The molecule has 0 saturated heterocycles. The summed E-state index contributed by atoms with van der Waals surface area (Å²) < 4.78 is 0. The summed E-state index contributed by atoms with van der Waals surface area (Å²) in [6, 6.07) is 0.865. The van der Waals surface area contributed by atoms with Crippen molar-refractivity contribution in [1.29, 1.82) is 0 Å². The summed E-state index contributed by atoms with van der Waals surface area (Å²) in [7, 11) is 0. The Kier molecular flexibility index (Phi) is 5.65. The third kappa shape index (κ3) is 5.14. The van der Waals surface area contributed by atoms with Crippen LogP contribution in [0.4, 0.5) is 0 Å².